The number of rotatable bonds is 8. The Kier molecular flexibility index (Phi) is 5.93. The van der Waals surface area contributed by atoms with E-state index in [-0.39, 0.29) is 0 Å². The molecule has 0 N–H and O–H groups in total. The van der Waals surface area contributed by atoms with Crippen LogP contribution in [0, 0.1) is 21.7 Å². The Morgan fingerprint density at radius 1 is 0.815 bits per heavy atom. The first-order valence-electron chi connectivity index (χ1n) is 11.0. The van der Waals surface area contributed by atoms with E-state index in [0.717, 1.165) is 0 Å². The molecule has 2 saturated carbocycles. The van der Waals surface area contributed by atoms with Gasteiger partial charge in [-0.25, -0.2) is 0 Å². The lowest BCUT2D eigenvalue weighted by Crippen LogP contribution is -2.23. The lowest BCUT2D eigenvalue weighted by molar-refractivity contribution is 0.191. The standard InChI is InChI=1S/C26H40S/c1-23(2,3)25(16-17-25)14-12-21(20-27-22-10-8-7-9-11-22)13-15-26(18-19-26)24(4,5)6/h7-11,20H,12-19H2,1-6H3. The van der Waals surface area contributed by atoms with E-state index in [0.29, 0.717) is 21.7 Å². The van der Waals surface area contributed by atoms with Crippen molar-refractivity contribution in [2.24, 2.45) is 21.7 Å². The Hall–Kier alpha value is -0.690. The van der Waals surface area contributed by atoms with Gasteiger partial charge in [0.1, 0.15) is 0 Å². The summed E-state index contributed by atoms with van der Waals surface area (Å²) in [6.45, 7) is 14.7. The molecular weight excluding hydrogens is 344 g/mol. The topological polar surface area (TPSA) is 0 Å². The summed E-state index contributed by atoms with van der Waals surface area (Å²) in [5.41, 5.74) is 3.80. The molecule has 0 bridgehead atoms. The molecule has 0 aromatic heterocycles. The molecule has 1 aromatic carbocycles. The normalized spacial score (nSPS) is 20.2. The molecule has 2 fully saturated rings. The predicted molar refractivity (Wildman–Crippen MR) is 121 cm³/mol. The smallest absolute Gasteiger partial charge is 0.0116 e. The minimum Gasteiger partial charge on any atom is -0.0981 e. The zero-order valence-electron chi connectivity index (χ0n) is 18.5. The zero-order chi connectivity index (χ0) is 19.8. The molecular formula is C26H40S. The van der Waals surface area contributed by atoms with E-state index in [1.165, 1.54) is 56.3 Å². The van der Waals surface area contributed by atoms with Crippen LogP contribution in [0.5, 0.6) is 0 Å². The van der Waals surface area contributed by atoms with Gasteiger partial charge in [-0.15, -0.1) is 0 Å². The minimum atomic E-state index is 0.452. The van der Waals surface area contributed by atoms with E-state index in [1.54, 1.807) is 5.57 Å². The summed E-state index contributed by atoms with van der Waals surface area (Å²) in [7, 11) is 0. The summed E-state index contributed by atoms with van der Waals surface area (Å²) >= 11 is 1.92. The van der Waals surface area contributed by atoms with Crippen molar-refractivity contribution >= 4 is 11.8 Å². The van der Waals surface area contributed by atoms with Crippen LogP contribution in [0.25, 0.3) is 0 Å². The third-order valence-corrected chi connectivity index (χ3v) is 8.84. The zero-order valence-corrected chi connectivity index (χ0v) is 19.3. The van der Waals surface area contributed by atoms with E-state index < -0.39 is 0 Å². The average molecular weight is 385 g/mol. The van der Waals surface area contributed by atoms with Crippen molar-refractivity contribution in [3.63, 3.8) is 0 Å². The van der Waals surface area contributed by atoms with Crippen LogP contribution in [0.15, 0.2) is 46.2 Å². The van der Waals surface area contributed by atoms with E-state index in [9.17, 15) is 0 Å². The van der Waals surface area contributed by atoms with Gasteiger partial charge in [0.15, 0.2) is 0 Å². The molecule has 0 unspecified atom stereocenters. The van der Waals surface area contributed by atoms with Gasteiger partial charge in [-0.05, 0) is 90.6 Å². The first-order valence-corrected chi connectivity index (χ1v) is 11.8. The molecule has 0 aliphatic heterocycles. The van der Waals surface area contributed by atoms with Crippen molar-refractivity contribution in [3.05, 3.63) is 41.3 Å². The monoisotopic (exact) mass is 384 g/mol. The fraction of sp³-hybridized carbons (Fsp3) is 0.692. The van der Waals surface area contributed by atoms with Gasteiger partial charge in [0.05, 0.1) is 0 Å². The lowest BCUT2D eigenvalue weighted by Gasteiger charge is -2.33. The third kappa shape index (κ3) is 5.03. The van der Waals surface area contributed by atoms with Gasteiger partial charge in [-0.2, -0.15) is 0 Å². The Morgan fingerprint density at radius 3 is 1.63 bits per heavy atom. The third-order valence-electron chi connectivity index (χ3n) is 7.84. The second-order valence-corrected chi connectivity index (χ2v) is 12.2. The highest BCUT2D eigenvalue weighted by Crippen LogP contribution is 2.63. The van der Waals surface area contributed by atoms with Crippen LogP contribution in [0.3, 0.4) is 0 Å². The van der Waals surface area contributed by atoms with E-state index >= 15 is 0 Å². The second kappa shape index (κ2) is 7.62. The fourth-order valence-corrected chi connectivity index (χ4v) is 5.60. The maximum atomic E-state index is 2.49. The Bertz CT molecular complexity index is 610. The molecule has 0 spiro atoms. The molecule has 1 aromatic rings. The van der Waals surface area contributed by atoms with Crippen molar-refractivity contribution in [3.8, 4) is 0 Å². The van der Waals surface area contributed by atoms with Crippen LogP contribution in [0.1, 0.15) is 92.9 Å². The first kappa shape index (κ1) is 21.0. The van der Waals surface area contributed by atoms with Crippen LogP contribution < -0.4 is 0 Å². The van der Waals surface area contributed by atoms with Crippen LogP contribution in [0.4, 0.5) is 0 Å². The predicted octanol–water partition coefficient (Wildman–Crippen LogP) is 8.88. The van der Waals surface area contributed by atoms with Gasteiger partial charge < -0.3 is 0 Å². The number of hydrogen-bond acceptors (Lipinski definition) is 1. The van der Waals surface area contributed by atoms with Crippen LogP contribution in [0.2, 0.25) is 0 Å². The largest absolute Gasteiger partial charge is 0.0981 e. The number of allylic oxidation sites excluding steroid dienone is 1. The molecule has 3 rings (SSSR count). The fourth-order valence-electron chi connectivity index (χ4n) is 4.74. The van der Waals surface area contributed by atoms with Crippen molar-refractivity contribution < 1.29 is 0 Å². The average Bonchev–Trinajstić information content (AvgIpc) is 3.48. The quantitative estimate of drug-likeness (QED) is 0.403. The number of hydrogen-bond donors (Lipinski definition) is 0. The molecule has 0 nitrogen and oxygen atoms in total. The molecule has 0 heterocycles. The molecule has 0 atom stereocenters. The maximum Gasteiger partial charge on any atom is 0.0116 e. The molecule has 0 amide bonds. The molecule has 27 heavy (non-hydrogen) atoms. The van der Waals surface area contributed by atoms with Crippen LogP contribution in [-0.4, -0.2) is 0 Å². The van der Waals surface area contributed by atoms with Crippen molar-refractivity contribution in [2.45, 2.75) is 97.8 Å². The molecule has 150 valence electrons. The Morgan fingerprint density at radius 2 is 1.26 bits per heavy atom. The molecule has 0 radical (unpaired) electrons. The van der Waals surface area contributed by atoms with Gasteiger partial charge in [0.2, 0.25) is 0 Å². The Balaban J connectivity index is 1.65. The summed E-state index contributed by atoms with van der Waals surface area (Å²) in [6, 6.07) is 10.9. The van der Waals surface area contributed by atoms with Crippen molar-refractivity contribution in [1.29, 1.82) is 0 Å². The van der Waals surface area contributed by atoms with Crippen molar-refractivity contribution in [2.75, 3.05) is 0 Å². The van der Waals surface area contributed by atoms with Gasteiger partial charge in [-0.1, -0.05) is 77.1 Å². The van der Waals surface area contributed by atoms with Crippen LogP contribution >= 0.6 is 11.8 Å². The van der Waals surface area contributed by atoms with Gasteiger partial charge >= 0.3 is 0 Å². The van der Waals surface area contributed by atoms with Crippen LogP contribution in [-0.2, 0) is 0 Å². The summed E-state index contributed by atoms with van der Waals surface area (Å²) in [4.78, 5) is 1.36. The Labute approximate surface area is 172 Å². The van der Waals surface area contributed by atoms with Gasteiger partial charge in [0, 0.05) is 4.90 Å². The van der Waals surface area contributed by atoms with E-state index in [2.05, 4.69) is 77.3 Å². The summed E-state index contributed by atoms with van der Waals surface area (Å²) in [5, 5.41) is 2.49. The first-order chi connectivity index (χ1) is 12.6. The van der Waals surface area contributed by atoms with E-state index in [4.69, 9.17) is 0 Å². The minimum absolute atomic E-state index is 0.452. The number of benzene rings is 1. The van der Waals surface area contributed by atoms with Gasteiger partial charge in [-0.3, -0.25) is 0 Å². The maximum absolute atomic E-state index is 2.49. The highest BCUT2D eigenvalue weighted by Gasteiger charge is 2.52. The highest BCUT2D eigenvalue weighted by molar-refractivity contribution is 8.02. The highest BCUT2D eigenvalue weighted by atomic mass is 32.2. The lowest BCUT2D eigenvalue weighted by atomic mass is 9.73. The molecule has 1 heteroatoms. The molecule has 0 saturated heterocycles. The molecule has 2 aliphatic rings. The SMILES string of the molecule is CC(C)(C)C1(CCC(=CSc2ccccc2)CCC2(C(C)(C)C)CC2)CC1. The summed E-state index contributed by atoms with van der Waals surface area (Å²) < 4.78 is 0. The van der Waals surface area contributed by atoms with Gasteiger partial charge in [0.25, 0.3) is 0 Å². The van der Waals surface area contributed by atoms with Crippen molar-refractivity contribution in [1.82, 2.24) is 0 Å². The summed E-state index contributed by atoms with van der Waals surface area (Å²) in [5.74, 6) is 0. The molecule has 2 aliphatic carbocycles. The van der Waals surface area contributed by atoms with E-state index in [1.807, 2.05) is 11.8 Å². The second-order valence-electron chi connectivity index (χ2n) is 11.3. The summed E-state index contributed by atoms with van der Waals surface area (Å²) in [6.07, 6.45) is 11.1. The number of thioether (sulfide) groups is 1.